The molecule has 0 fully saturated rings. The molecule has 0 saturated heterocycles. The van der Waals surface area contributed by atoms with Crippen LogP contribution in [0.5, 0.6) is 5.75 Å². The van der Waals surface area contributed by atoms with Crippen LogP contribution in [0, 0.1) is 0 Å². The molecule has 0 bridgehead atoms. The van der Waals surface area contributed by atoms with Crippen molar-refractivity contribution >= 4 is 17.7 Å². The van der Waals surface area contributed by atoms with E-state index in [0.29, 0.717) is 17.9 Å². The minimum Gasteiger partial charge on any atom is -0.492 e. The van der Waals surface area contributed by atoms with Crippen molar-refractivity contribution in [1.82, 2.24) is 0 Å². The molecule has 0 aromatic heterocycles. The molecule has 0 heterocycles. The van der Waals surface area contributed by atoms with Crippen LogP contribution in [0.15, 0.2) is 59.5 Å². The predicted octanol–water partition coefficient (Wildman–Crippen LogP) is 3.48. The number of thioether (sulfide) groups is 1. The van der Waals surface area contributed by atoms with Crippen molar-refractivity contribution in [2.75, 3.05) is 12.4 Å². The van der Waals surface area contributed by atoms with E-state index in [1.807, 2.05) is 36.4 Å². The molecule has 0 saturated carbocycles. The second-order valence-electron chi connectivity index (χ2n) is 4.19. The van der Waals surface area contributed by atoms with E-state index in [4.69, 9.17) is 9.84 Å². The molecule has 0 amide bonds. The number of hydrogen-bond donors (Lipinski definition) is 1. The molecule has 0 aliphatic carbocycles. The molecule has 0 unspecified atom stereocenters. The van der Waals surface area contributed by atoms with Crippen molar-refractivity contribution in [2.24, 2.45) is 0 Å². The summed E-state index contributed by atoms with van der Waals surface area (Å²) in [6.07, 6.45) is -0.0119. The number of ether oxygens (including phenoxy) is 1. The lowest BCUT2D eigenvalue weighted by molar-refractivity contribution is -0.136. The first-order chi connectivity index (χ1) is 9.75. The molecule has 2 aromatic carbocycles. The fourth-order valence-electron chi connectivity index (χ4n) is 1.78. The van der Waals surface area contributed by atoms with Gasteiger partial charge < -0.3 is 9.84 Å². The van der Waals surface area contributed by atoms with Gasteiger partial charge in [-0.2, -0.15) is 0 Å². The zero-order chi connectivity index (χ0) is 14.2. The first-order valence-electron chi connectivity index (χ1n) is 6.36. The van der Waals surface area contributed by atoms with Crippen LogP contribution in [0.3, 0.4) is 0 Å². The average Bonchev–Trinajstić information content (AvgIpc) is 2.46. The Labute approximate surface area is 122 Å². The minimum atomic E-state index is -0.847. The summed E-state index contributed by atoms with van der Waals surface area (Å²) in [5, 5.41) is 8.85. The maximum Gasteiger partial charge on any atom is 0.307 e. The van der Waals surface area contributed by atoms with E-state index in [9.17, 15) is 4.79 Å². The molecule has 20 heavy (non-hydrogen) atoms. The number of carboxylic acids is 1. The van der Waals surface area contributed by atoms with Gasteiger partial charge in [0.05, 0.1) is 13.0 Å². The molecule has 2 aromatic rings. The Kier molecular flexibility index (Phi) is 5.50. The molecule has 0 radical (unpaired) electrons. The van der Waals surface area contributed by atoms with Crippen LogP contribution in [-0.4, -0.2) is 23.4 Å². The lowest BCUT2D eigenvalue weighted by Crippen LogP contribution is -2.06. The number of aliphatic carboxylic acids is 1. The highest BCUT2D eigenvalue weighted by Gasteiger charge is 2.07. The van der Waals surface area contributed by atoms with Gasteiger partial charge in [0.1, 0.15) is 5.75 Å². The quantitative estimate of drug-likeness (QED) is 0.626. The molecule has 0 aliphatic rings. The van der Waals surface area contributed by atoms with Crippen LogP contribution in [0.1, 0.15) is 5.56 Å². The van der Waals surface area contributed by atoms with Crippen LogP contribution < -0.4 is 4.74 Å². The minimum absolute atomic E-state index is 0.0119. The first-order valence-corrected chi connectivity index (χ1v) is 7.34. The maximum atomic E-state index is 10.8. The van der Waals surface area contributed by atoms with E-state index >= 15 is 0 Å². The second-order valence-corrected chi connectivity index (χ2v) is 5.36. The Morgan fingerprint density at radius 3 is 2.50 bits per heavy atom. The van der Waals surface area contributed by atoms with Crippen molar-refractivity contribution < 1.29 is 14.6 Å². The fourth-order valence-corrected chi connectivity index (χ4v) is 2.53. The van der Waals surface area contributed by atoms with Crippen molar-refractivity contribution in [2.45, 2.75) is 11.3 Å². The zero-order valence-electron chi connectivity index (χ0n) is 11.0. The Balaban J connectivity index is 1.83. The highest BCUT2D eigenvalue weighted by molar-refractivity contribution is 7.99. The van der Waals surface area contributed by atoms with E-state index in [1.165, 1.54) is 4.90 Å². The largest absolute Gasteiger partial charge is 0.492 e. The number of hydrogen-bond acceptors (Lipinski definition) is 3. The third-order valence-corrected chi connectivity index (χ3v) is 3.64. The van der Waals surface area contributed by atoms with Crippen LogP contribution in [0.4, 0.5) is 0 Å². The molecule has 104 valence electrons. The van der Waals surface area contributed by atoms with Gasteiger partial charge in [-0.25, -0.2) is 0 Å². The van der Waals surface area contributed by atoms with Gasteiger partial charge >= 0.3 is 5.97 Å². The Bertz CT molecular complexity index is 555. The van der Waals surface area contributed by atoms with Gasteiger partial charge in [0, 0.05) is 16.2 Å². The second kappa shape index (κ2) is 7.60. The van der Waals surface area contributed by atoms with E-state index in [2.05, 4.69) is 12.1 Å². The summed E-state index contributed by atoms with van der Waals surface area (Å²) in [5.41, 5.74) is 0.713. The maximum absolute atomic E-state index is 10.8. The lowest BCUT2D eigenvalue weighted by Gasteiger charge is -2.10. The van der Waals surface area contributed by atoms with Gasteiger partial charge in [-0.1, -0.05) is 36.4 Å². The Hall–Kier alpha value is -1.94. The van der Waals surface area contributed by atoms with Gasteiger partial charge in [-0.3, -0.25) is 4.79 Å². The summed E-state index contributed by atoms with van der Waals surface area (Å²) < 4.78 is 5.68. The predicted molar refractivity (Wildman–Crippen MR) is 80.4 cm³/mol. The number of para-hydroxylation sites is 1. The number of benzene rings is 2. The van der Waals surface area contributed by atoms with Gasteiger partial charge in [-0.15, -0.1) is 11.8 Å². The smallest absolute Gasteiger partial charge is 0.307 e. The summed E-state index contributed by atoms with van der Waals surface area (Å²) in [6.45, 7) is 0.552. The van der Waals surface area contributed by atoms with E-state index in [0.717, 1.165) is 5.75 Å². The van der Waals surface area contributed by atoms with Gasteiger partial charge in [0.25, 0.3) is 0 Å². The van der Waals surface area contributed by atoms with Crippen LogP contribution >= 0.6 is 11.8 Å². The summed E-state index contributed by atoms with van der Waals surface area (Å²) in [7, 11) is 0. The molecule has 1 N–H and O–H groups in total. The third kappa shape index (κ3) is 4.63. The van der Waals surface area contributed by atoms with Crippen molar-refractivity contribution in [3.63, 3.8) is 0 Å². The molecular weight excluding hydrogens is 272 g/mol. The van der Waals surface area contributed by atoms with Crippen LogP contribution in [0.2, 0.25) is 0 Å². The average molecular weight is 288 g/mol. The Morgan fingerprint density at radius 2 is 1.75 bits per heavy atom. The first kappa shape index (κ1) is 14.5. The van der Waals surface area contributed by atoms with Crippen LogP contribution in [0.25, 0.3) is 0 Å². The zero-order valence-corrected chi connectivity index (χ0v) is 11.8. The normalized spacial score (nSPS) is 10.2. The molecule has 3 nitrogen and oxygen atoms in total. The van der Waals surface area contributed by atoms with E-state index in [-0.39, 0.29) is 6.42 Å². The highest BCUT2D eigenvalue weighted by atomic mass is 32.2. The third-order valence-electron chi connectivity index (χ3n) is 2.67. The summed E-state index contributed by atoms with van der Waals surface area (Å²) in [6, 6.07) is 17.4. The number of rotatable bonds is 7. The van der Waals surface area contributed by atoms with Crippen molar-refractivity contribution in [1.29, 1.82) is 0 Å². The van der Waals surface area contributed by atoms with E-state index in [1.54, 1.807) is 17.8 Å². The van der Waals surface area contributed by atoms with Crippen molar-refractivity contribution in [3.05, 3.63) is 60.2 Å². The summed E-state index contributed by atoms with van der Waals surface area (Å²) in [4.78, 5) is 12.0. The van der Waals surface area contributed by atoms with Crippen LogP contribution in [-0.2, 0) is 11.2 Å². The molecular formula is C16H16O3S. The molecule has 2 rings (SSSR count). The monoisotopic (exact) mass is 288 g/mol. The number of carboxylic acid groups (broad SMARTS) is 1. The van der Waals surface area contributed by atoms with Gasteiger partial charge in [0.15, 0.2) is 0 Å². The van der Waals surface area contributed by atoms with Crippen molar-refractivity contribution in [3.8, 4) is 5.75 Å². The number of carbonyl (C=O) groups is 1. The standard InChI is InChI=1S/C16H16O3S/c17-16(18)12-13-6-4-5-9-15(13)19-10-11-20-14-7-2-1-3-8-14/h1-9H,10-12H2,(H,17,18). The lowest BCUT2D eigenvalue weighted by atomic mass is 10.1. The molecule has 0 spiro atoms. The molecule has 0 aliphatic heterocycles. The fraction of sp³-hybridized carbons (Fsp3) is 0.188. The van der Waals surface area contributed by atoms with Gasteiger partial charge in [0.2, 0.25) is 0 Å². The highest BCUT2D eigenvalue weighted by Crippen LogP contribution is 2.20. The topological polar surface area (TPSA) is 46.5 Å². The van der Waals surface area contributed by atoms with Gasteiger partial charge in [-0.05, 0) is 18.2 Å². The molecule has 4 heteroatoms. The molecule has 0 atom stereocenters. The summed E-state index contributed by atoms with van der Waals surface area (Å²) in [5.74, 6) is 0.633. The van der Waals surface area contributed by atoms with E-state index < -0.39 is 5.97 Å². The summed E-state index contributed by atoms with van der Waals surface area (Å²) >= 11 is 1.72. The Morgan fingerprint density at radius 1 is 1.05 bits per heavy atom. The SMILES string of the molecule is O=C(O)Cc1ccccc1OCCSc1ccccc1.